The Morgan fingerprint density at radius 2 is 1.63 bits per heavy atom. The molecule has 11 heteroatoms. The molecule has 30 heavy (non-hydrogen) atoms. The van der Waals surface area contributed by atoms with E-state index < -0.39 is 49.1 Å². The molecule has 164 valence electrons. The maximum Gasteiger partial charge on any atom is 0.592 e. The molecule has 0 radical (unpaired) electrons. The second-order valence-electron chi connectivity index (χ2n) is 7.04. The second-order valence-corrected chi connectivity index (χ2v) is 10.5. The maximum absolute atomic E-state index is 14.7. The number of rotatable bonds is 5. The Balaban J connectivity index is 2.01. The van der Waals surface area contributed by atoms with E-state index in [1.807, 2.05) is 4.72 Å². The first-order valence-corrected chi connectivity index (χ1v) is 11.6. The normalized spacial score (nSPS) is 23.9. The van der Waals surface area contributed by atoms with Crippen molar-refractivity contribution in [2.45, 2.75) is 46.9 Å². The van der Waals surface area contributed by atoms with E-state index in [2.05, 4.69) is 0 Å². The summed E-state index contributed by atoms with van der Waals surface area (Å²) in [6.45, 7) is 0. The maximum atomic E-state index is 14.7. The Labute approximate surface area is 173 Å². The van der Waals surface area contributed by atoms with Crippen LogP contribution in [0.25, 0.3) is 0 Å². The Hall–Kier alpha value is -1.69. The van der Waals surface area contributed by atoms with E-state index in [9.17, 15) is 34.9 Å². The van der Waals surface area contributed by atoms with Gasteiger partial charge in [0.15, 0.2) is 21.2 Å². The minimum Gasteiger partial charge on any atom is -0.591 e. The fraction of sp³-hybridized carbons (Fsp3) is 0.368. The van der Waals surface area contributed by atoms with E-state index in [-0.39, 0.29) is 36.1 Å². The molecule has 1 unspecified atom stereocenters. The highest BCUT2D eigenvalue weighted by molar-refractivity contribution is 7.92. The van der Waals surface area contributed by atoms with Gasteiger partial charge >= 0.3 is 5.51 Å². The van der Waals surface area contributed by atoms with Gasteiger partial charge in [-0.05, 0) is 56.0 Å². The van der Waals surface area contributed by atoms with Crippen LogP contribution in [0.5, 0.6) is 0 Å². The quantitative estimate of drug-likeness (QED) is 0.525. The summed E-state index contributed by atoms with van der Waals surface area (Å²) < 4.78 is 105. The van der Waals surface area contributed by atoms with E-state index in [1.165, 1.54) is 24.3 Å². The van der Waals surface area contributed by atoms with Crippen LogP contribution < -0.4 is 4.72 Å². The number of sulfone groups is 1. The average Bonchev–Trinajstić information content (AvgIpc) is 2.70. The molecule has 0 spiro atoms. The molecule has 2 aromatic rings. The van der Waals surface area contributed by atoms with Gasteiger partial charge in [-0.15, -0.1) is 17.9 Å². The number of alkyl halides is 3. The van der Waals surface area contributed by atoms with Crippen LogP contribution in [0.2, 0.25) is 0 Å². The van der Waals surface area contributed by atoms with Gasteiger partial charge in [0.1, 0.15) is 16.4 Å². The van der Waals surface area contributed by atoms with Gasteiger partial charge in [-0.25, -0.2) is 17.2 Å². The van der Waals surface area contributed by atoms with Crippen LogP contribution in [-0.4, -0.2) is 24.5 Å². The summed E-state index contributed by atoms with van der Waals surface area (Å²) in [5, 5.41) is 0. The molecular formula is C19H18F5NO3S2. The highest BCUT2D eigenvalue weighted by Crippen LogP contribution is 2.48. The fourth-order valence-corrected chi connectivity index (χ4v) is 6.63. The molecule has 1 aliphatic rings. The zero-order valence-electron chi connectivity index (χ0n) is 15.5. The fourth-order valence-electron chi connectivity index (χ4n) is 3.77. The van der Waals surface area contributed by atoms with Crippen LogP contribution in [0.1, 0.15) is 31.2 Å². The van der Waals surface area contributed by atoms with Crippen molar-refractivity contribution in [3.05, 3.63) is 65.7 Å². The van der Waals surface area contributed by atoms with E-state index >= 15 is 0 Å². The highest BCUT2D eigenvalue weighted by Gasteiger charge is 2.52. The van der Waals surface area contributed by atoms with Crippen LogP contribution in [0, 0.1) is 11.6 Å². The zero-order chi connectivity index (χ0) is 22.2. The number of benzene rings is 2. The summed E-state index contributed by atoms with van der Waals surface area (Å²) in [4.78, 5) is -0.0982. The molecule has 1 fully saturated rings. The van der Waals surface area contributed by atoms with Crippen LogP contribution in [0.3, 0.4) is 0 Å². The Morgan fingerprint density at radius 3 is 2.20 bits per heavy atom. The van der Waals surface area contributed by atoms with Gasteiger partial charge in [0.25, 0.3) is 0 Å². The van der Waals surface area contributed by atoms with Crippen molar-refractivity contribution in [3.8, 4) is 0 Å². The summed E-state index contributed by atoms with van der Waals surface area (Å²) in [5.74, 6) is -1.74. The van der Waals surface area contributed by atoms with Crippen molar-refractivity contribution in [1.82, 2.24) is 4.72 Å². The average molecular weight is 467 g/mol. The van der Waals surface area contributed by atoms with Gasteiger partial charge < -0.3 is 4.55 Å². The summed E-state index contributed by atoms with van der Waals surface area (Å²) in [6, 6.07) is 8.86. The lowest BCUT2D eigenvalue weighted by atomic mass is 9.80. The van der Waals surface area contributed by atoms with Crippen LogP contribution in [0.15, 0.2) is 53.4 Å². The first kappa shape index (κ1) is 23.0. The molecule has 0 saturated heterocycles. The summed E-state index contributed by atoms with van der Waals surface area (Å²) in [7, 11) is -4.23. The Kier molecular flexibility index (Phi) is 6.47. The lowest BCUT2D eigenvalue weighted by Gasteiger charge is -2.40. The van der Waals surface area contributed by atoms with Crippen molar-refractivity contribution in [1.29, 1.82) is 0 Å². The minimum atomic E-state index is -4.96. The molecule has 1 saturated carbocycles. The summed E-state index contributed by atoms with van der Waals surface area (Å²) in [5.41, 5.74) is -5.32. The SMILES string of the molecule is O=S(=O)(c1ccccc1)[C@]1(c2cc(F)ccc2F)CC[C@H](N[S+]([O-])C(F)(F)F)CC1. The van der Waals surface area contributed by atoms with Gasteiger partial charge in [-0.1, -0.05) is 18.2 Å². The van der Waals surface area contributed by atoms with Gasteiger partial charge in [0.05, 0.1) is 10.9 Å². The molecular weight excluding hydrogens is 449 g/mol. The van der Waals surface area contributed by atoms with E-state index in [4.69, 9.17) is 0 Å². The molecule has 2 aromatic carbocycles. The van der Waals surface area contributed by atoms with Crippen LogP contribution >= 0.6 is 0 Å². The zero-order valence-corrected chi connectivity index (χ0v) is 17.1. The smallest absolute Gasteiger partial charge is 0.591 e. The number of nitrogens with one attached hydrogen (secondary N) is 1. The van der Waals surface area contributed by atoms with E-state index in [0.717, 1.165) is 18.2 Å². The molecule has 1 N–H and O–H groups in total. The van der Waals surface area contributed by atoms with Crippen molar-refractivity contribution in [2.24, 2.45) is 0 Å². The lowest BCUT2D eigenvalue weighted by Crippen LogP contribution is -2.48. The molecule has 4 nitrogen and oxygen atoms in total. The molecule has 1 atom stereocenters. The summed E-state index contributed by atoms with van der Waals surface area (Å²) >= 11 is -3.30. The van der Waals surface area contributed by atoms with Crippen LogP contribution in [0.4, 0.5) is 22.0 Å². The topological polar surface area (TPSA) is 69.2 Å². The van der Waals surface area contributed by atoms with Gasteiger partial charge in [0.2, 0.25) is 0 Å². The molecule has 1 aliphatic carbocycles. The van der Waals surface area contributed by atoms with Gasteiger partial charge in [-0.2, -0.15) is 0 Å². The van der Waals surface area contributed by atoms with Gasteiger partial charge in [0, 0.05) is 5.56 Å². The van der Waals surface area contributed by atoms with E-state index in [0.29, 0.717) is 0 Å². The van der Waals surface area contributed by atoms with Crippen molar-refractivity contribution < 1.29 is 34.9 Å². The molecule has 0 aliphatic heterocycles. The molecule has 0 bridgehead atoms. The molecule has 0 heterocycles. The first-order valence-electron chi connectivity index (χ1n) is 8.97. The standard InChI is InChI=1S/C19H18F5NO3S2/c20-13-6-7-17(21)16(12-13)18(30(27,28)15-4-2-1-3-5-15)10-8-14(9-11-18)25-29(26)19(22,23)24/h1-7,12,14,25H,8-11H2/t14-,18+,29?. The highest BCUT2D eigenvalue weighted by atomic mass is 32.2. The van der Waals surface area contributed by atoms with Crippen molar-refractivity contribution in [3.63, 3.8) is 0 Å². The lowest BCUT2D eigenvalue weighted by molar-refractivity contribution is -0.0451. The number of hydrogen-bond acceptors (Lipinski definition) is 4. The number of hydrogen-bond donors (Lipinski definition) is 1. The van der Waals surface area contributed by atoms with Crippen LogP contribution in [-0.2, 0) is 25.9 Å². The molecule has 3 rings (SSSR count). The minimum absolute atomic E-state index is 0.0982. The third-order valence-corrected chi connectivity index (χ3v) is 8.78. The molecule has 0 amide bonds. The predicted molar refractivity (Wildman–Crippen MR) is 101 cm³/mol. The third-order valence-electron chi connectivity index (χ3n) is 5.26. The Bertz CT molecular complexity index is 991. The molecule has 0 aromatic heterocycles. The predicted octanol–water partition coefficient (Wildman–Crippen LogP) is 4.35. The van der Waals surface area contributed by atoms with Crippen molar-refractivity contribution in [2.75, 3.05) is 0 Å². The monoisotopic (exact) mass is 467 g/mol. The van der Waals surface area contributed by atoms with E-state index in [1.54, 1.807) is 6.07 Å². The van der Waals surface area contributed by atoms with Gasteiger partial charge in [-0.3, -0.25) is 0 Å². The first-order chi connectivity index (χ1) is 14.0. The Morgan fingerprint density at radius 1 is 1.03 bits per heavy atom. The third kappa shape index (κ3) is 4.34. The second kappa shape index (κ2) is 8.45. The largest absolute Gasteiger partial charge is 0.592 e. The number of halogens is 5. The summed E-state index contributed by atoms with van der Waals surface area (Å²) in [6.07, 6.45) is -0.775. The van der Waals surface area contributed by atoms with Crippen molar-refractivity contribution >= 4 is 21.2 Å².